The van der Waals surface area contributed by atoms with Crippen molar-refractivity contribution in [3.63, 3.8) is 0 Å². The first-order chi connectivity index (χ1) is 16.3. The molecule has 1 N–H and O–H groups in total. The molecule has 6 nitrogen and oxygen atoms in total. The number of benzene rings is 3. The number of ether oxygens (including phenoxy) is 2. The molecule has 1 aliphatic heterocycles. The number of halogens is 1. The first kappa shape index (κ1) is 23.4. The lowest BCUT2D eigenvalue weighted by Gasteiger charge is -2.26. The van der Waals surface area contributed by atoms with Gasteiger partial charge >= 0.3 is 0 Å². The summed E-state index contributed by atoms with van der Waals surface area (Å²) in [5.41, 5.74) is 1.31. The second kappa shape index (κ2) is 9.61. The third kappa shape index (κ3) is 4.37. The number of aliphatic hydroxyl groups excluding tert-OH is 1. The molecule has 1 fully saturated rings. The minimum absolute atomic E-state index is 0.0592. The van der Waals surface area contributed by atoms with Crippen molar-refractivity contribution >= 4 is 34.7 Å². The quantitative estimate of drug-likeness (QED) is 0.277. The summed E-state index contributed by atoms with van der Waals surface area (Å²) < 4.78 is 11.2. The monoisotopic (exact) mass is 477 g/mol. The van der Waals surface area contributed by atoms with E-state index in [1.165, 1.54) is 18.1 Å². The van der Waals surface area contributed by atoms with E-state index in [9.17, 15) is 14.7 Å². The van der Waals surface area contributed by atoms with Crippen LogP contribution in [0.3, 0.4) is 0 Å². The molecule has 0 saturated carbocycles. The van der Waals surface area contributed by atoms with Gasteiger partial charge in [-0.1, -0.05) is 41.9 Å². The van der Waals surface area contributed by atoms with Crippen LogP contribution in [-0.2, 0) is 9.59 Å². The number of rotatable bonds is 6. The van der Waals surface area contributed by atoms with Gasteiger partial charge in [0.25, 0.3) is 11.7 Å². The van der Waals surface area contributed by atoms with Gasteiger partial charge in [0.2, 0.25) is 0 Å². The first-order valence-electron chi connectivity index (χ1n) is 10.8. The number of hydrogen-bond acceptors (Lipinski definition) is 5. The maximum atomic E-state index is 13.3. The SMILES string of the molecule is COc1ccc(Cl)cc1/C(O)=C1\C(=O)C(=O)N(c2ccccc2)C1c1cccc(OC(C)C)c1. The van der Waals surface area contributed by atoms with Crippen LogP contribution >= 0.6 is 11.6 Å². The molecular weight excluding hydrogens is 454 g/mol. The predicted octanol–water partition coefficient (Wildman–Crippen LogP) is 5.76. The smallest absolute Gasteiger partial charge is 0.300 e. The van der Waals surface area contributed by atoms with E-state index in [0.717, 1.165) is 0 Å². The highest BCUT2D eigenvalue weighted by molar-refractivity contribution is 6.51. The van der Waals surface area contributed by atoms with Gasteiger partial charge in [-0.25, -0.2) is 0 Å². The van der Waals surface area contributed by atoms with Gasteiger partial charge in [0.15, 0.2) is 0 Å². The van der Waals surface area contributed by atoms with Crippen LogP contribution < -0.4 is 14.4 Å². The molecule has 0 bridgehead atoms. The average Bonchev–Trinajstić information content (AvgIpc) is 3.09. The lowest BCUT2D eigenvalue weighted by Crippen LogP contribution is -2.29. The van der Waals surface area contributed by atoms with Gasteiger partial charge in [-0.2, -0.15) is 0 Å². The molecule has 1 amide bonds. The van der Waals surface area contributed by atoms with Crippen LogP contribution in [0.2, 0.25) is 5.02 Å². The molecule has 3 aromatic rings. The number of carbonyl (C=O) groups is 2. The fourth-order valence-electron chi connectivity index (χ4n) is 4.04. The standard InChI is InChI=1S/C27H24ClNO5/c1-16(2)34-20-11-7-8-17(14-20)24-23(25(30)21-15-18(28)12-13-22(21)33-3)26(31)27(32)29(24)19-9-5-4-6-10-19/h4-16,24,30H,1-3H3/b25-23+. The maximum Gasteiger partial charge on any atom is 0.300 e. The van der Waals surface area contributed by atoms with Crippen LogP contribution in [0, 0.1) is 0 Å². The zero-order chi connectivity index (χ0) is 24.4. The van der Waals surface area contributed by atoms with Gasteiger partial charge in [-0.05, 0) is 61.9 Å². The highest BCUT2D eigenvalue weighted by atomic mass is 35.5. The average molecular weight is 478 g/mol. The summed E-state index contributed by atoms with van der Waals surface area (Å²) in [7, 11) is 1.45. The van der Waals surface area contributed by atoms with Crippen molar-refractivity contribution in [1.82, 2.24) is 0 Å². The van der Waals surface area contributed by atoms with E-state index in [1.54, 1.807) is 60.7 Å². The molecule has 1 atom stereocenters. The lowest BCUT2D eigenvalue weighted by molar-refractivity contribution is -0.132. The van der Waals surface area contributed by atoms with Gasteiger partial charge in [-0.3, -0.25) is 14.5 Å². The number of ketones is 1. The second-order valence-corrected chi connectivity index (χ2v) is 8.52. The molecule has 0 spiro atoms. The Morgan fingerprint density at radius 3 is 2.41 bits per heavy atom. The Morgan fingerprint density at radius 2 is 1.74 bits per heavy atom. The fourth-order valence-corrected chi connectivity index (χ4v) is 4.22. The molecule has 7 heteroatoms. The van der Waals surface area contributed by atoms with E-state index in [0.29, 0.717) is 27.8 Å². The summed E-state index contributed by atoms with van der Waals surface area (Å²) in [6.45, 7) is 3.82. The second-order valence-electron chi connectivity index (χ2n) is 8.09. The minimum Gasteiger partial charge on any atom is -0.507 e. The Balaban J connectivity index is 1.97. The predicted molar refractivity (Wildman–Crippen MR) is 131 cm³/mol. The topological polar surface area (TPSA) is 76.1 Å². The van der Waals surface area contributed by atoms with E-state index >= 15 is 0 Å². The number of anilines is 1. The van der Waals surface area contributed by atoms with Crippen LogP contribution in [0.1, 0.15) is 31.0 Å². The Hall–Kier alpha value is -3.77. The number of hydrogen-bond donors (Lipinski definition) is 1. The summed E-state index contributed by atoms with van der Waals surface area (Å²) in [5.74, 6) is -0.997. The third-order valence-corrected chi connectivity index (χ3v) is 5.68. The Morgan fingerprint density at radius 1 is 1.00 bits per heavy atom. The van der Waals surface area contributed by atoms with Crippen LogP contribution in [0.15, 0.2) is 78.4 Å². The molecule has 0 radical (unpaired) electrons. The van der Waals surface area contributed by atoms with E-state index < -0.39 is 17.7 Å². The van der Waals surface area contributed by atoms with Gasteiger partial charge in [0.1, 0.15) is 17.3 Å². The van der Waals surface area contributed by atoms with Gasteiger partial charge < -0.3 is 14.6 Å². The number of methoxy groups -OCH3 is 1. The molecule has 34 heavy (non-hydrogen) atoms. The number of nitrogens with zero attached hydrogens (tertiary/aromatic N) is 1. The van der Waals surface area contributed by atoms with Crippen LogP contribution in [0.5, 0.6) is 11.5 Å². The van der Waals surface area contributed by atoms with Crippen molar-refractivity contribution in [2.45, 2.75) is 26.0 Å². The highest BCUT2D eigenvalue weighted by Gasteiger charge is 2.47. The maximum absolute atomic E-state index is 13.3. The van der Waals surface area contributed by atoms with E-state index in [-0.39, 0.29) is 23.0 Å². The number of carbonyl (C=O) groups excluding carboxylic acids is 2. The Labute approximate surface area is 203 Å². The fraction of sp³-hybridized carbons (Fsp3) is 0.185. The number of amides is 1. The molecular formula is C27H24ClNO5. The normalized spacial score (nSPS) is 17.3. The first-order valence-corrected chi connectivity index (χ1v) is 11.2. The molecule has 1 unspecified atom stereocenters. The summed E-state index contributed by atoms with van der Waals surface area (Å²) in [4.78, 5) is 28.0. The Bertz CT molecular complexity index is 1270. The largest absolute Gasteiger partial charge is 0.507 e. The molecule has 0 aliphatic carbocycles. The van der Waals surface area contributed by atoms with E-state index in [1.807, 2.05) is 19.9 Å². The summed E-state index contributed by atoms with van der Waals surface area (Å²) >= 11 is 6.17. The van der Waals surface area contributed by atoms with Crippen molar-refractivity contribution in [1.29, 1.82) is 0 Å². The van der Waals surface area contributed by atoms with Gasteiger partial charge in [-0.15, -0.1) is 0 Å². The highest BCUT2D eigenvalue weighted by Crippen LogP contribution is 2.44. The van der Waals surface area contributed by atoms with Gasteiger partial charge in [0, 0.05) is 10.7 Å². The molecule has 0 aromatic heterocycles. The van der Waals surface area contributed by atoms with Crippen molar-refractivity contribution in [3.8, 4) is 11.5 Å². The van der Waals surface area contributed by atoms with Crippen LogP contribution in [0.4, 0.5) is 5.69 Å². The van der Waals surface area contributed by atoms with Crippen LogP contribution in [0.25, 0.3) is 5.76 Å². The van der Waals surface area contributed by atoms with Crippen molar-refractivity contribution < 1.29 is 24.2 Å². The Kier molecular flexibility index (Phi) is 6.61. The summed E-state index contributed by atoms with van der Waals surface area (Å²) in [6.07, 6.45) is -0.0635. The number of para-hydroxylation sites is 1. The molecule has 1 heterocycles. The van der Waals surface area contributed by atoms with E-state index in [2.05, 4.69) is 0 Å². The molecule has 1 aliphatic rings. The molecule has 4 rings (SSSR count). The summed E-state index contributed by atoms with van der Waals surface area (Å²) in [6, 6.07) is 19.9. The van der Waals surface area contributed by atoms with E-state index in [4.69, 9.17) is 21.1 Å². The molecule has 174 valence electrons. The minimum atomic E-state index is -0.887. The van der Waals surface area contributed by atoms with Crippen LogP contribution in [-0.4, -0.2) is 30.0 Å². The summed E-state index contributed by atoms with van der Waals surface area (Å²) in [5, 5.41) is 11.7. The zero-order valence-corrected chi connectivity index (χ0v) is 19.7. The number of aliphatic hydroxyl groups is 1. The van der Waals surface area contributed by atoms with Crippen molar-refractivity contribution in [3.05, 3.63) is 94.5 Å². The van der Waals surface area contributed by atoms with Crippen molar-refractivity contribution in [2.75, 3.05) is 12.0 Å². The van der Waals surface area contributed by atoms with Gasteiger partial charge in [0.05, 0.1) is 30.4 Å². The zero-order valence-electron chi connectivity index (χ0n) is 19.0. The van der Waals surface area contributed by atoms with Crippen molar-refractivity contribution in [2.24, 2.45) is 0 Å². The third-order valence-electron chi connectivity index (χ3n) is 5.44. The molecule has 3 aromatic carbocycles. The number of Topliss-reactive ketones (excluding diaryl/α,β-unsaturated/α-hetero) is 1. The molecule has 1 saturated heterocycles. The lowest BCUT2D eigenvalue weighted by atomic mass is 9.94.